The molecule has 0 radical (unpaired) electrons. The van der Waals surface area contributed by atoms with Crippen molar-refractivity contribution in [1.29, 1.82) is 0 Å². The van der Waals surface area contributed by atoms with Crippen LogP contribution in [-0.2, 0) is 19.2 Å². The fraction of sp³-hybridized carbons (Fsp3) is 0.615. The lowest BCUT2D eigenvalue weighted by atomic mass is 10.1. The van der Waals surface area contributed by atoms with Crippen molar-refractivity contribution in [3.8, 4) is 0 Å². The predicted octanol–water partition coefficient (Wildman–Crippen LogP) is -4.11. The van der Waals surface area contributed by atoms with Gasteiger partial charge >= 0.3 is 11.9 Å². The number of nitrogens with zero attached hydrogens (tertiary/aromatic N) is 1. The molecule has 0 saturated heterocycles. The first kappa shape index (κ1) is 23.1. The maximum absolute atomic E-state index is 12.2. The number of guanidine groups is 1. The number of carboxylic acid groups (broad SMARTS) is 2. The third-order valence-corrected chi connectivity index (χ3v) is 3.11. The number of carbonyl (C=O) groups is 4. The second-order valence-corrected chi connectivity index (χ2v) is 5.30. The minimum Gasteiger partial charge on any atom is -0.481 e. The van der Waals surface area contributed by atoms with Crippen molar-refractivity contribution < 1.29 is 34.5 Å². The van der Waals surface area contributed by atoms with Crippen LogP contribution >= 0.6 is 0 Å². The lowest BCUT2D eigenvalue weighted by Crippen LogP contribution is -2.55. The summed E-state index contributed by atoms with van der Waals surface area (Å²) in [6.45, 7) is -0.517. The van der Waals surface area contributed by atoms with Gasteiger partial charge in [-0.15, -0.1) is 0 Å². The molecule has 13 nitrogen and oxygen atoms in total. The maximum Gasteiger partial charge on any atom is 0.326 e. The average Bonchev–Trinajstić information content (AvgIpc) is 2.54. The Morgan fingerprint density at radius 1 is 1.00 bits per heavy atom. The van der Waals surface area contributed by atoms with Gasteiger partial charge in [0, 0.05) is 6.54 Å². The van der Waals surface area contributed by atoms with E-state index >= 15 is 0 Å². The predicted molar refractivity (Wildman–Crippen MR) is 88.7 cm³/mol. The van der Waals surface area contributed by atoms with Crippen LogP contribution in [0.25, 0.3) is 0 Å². The molecule has 0 aromatic heterocycles. The van der Waals surface area contributed by atoms with Crippen LogP contribution in [0.2, 0.25) is 0 Å². The fourth-order valence-electron chi connectivity index (χ4n) is 1.78. The first-order valence-corrected chi connectivity index (χ1v) is 7.55. The normalized spacial score (nSPS) is 13.8. The van der Waals surface area contributed by atoms with E-state index in [4.69, 9.17) is 32.5 Å². The molecular formula is C13H24N6O7. The Hall–Kier alpha value is -2.93. The van der Waals surface area contributed by atoms with Gasteiger partial charge in [0.25, 0.3) is 0 Å². The van der Waals surface area contributed by atoms with Crippen molar-refractivity contribution in [1.82, 2.24) is 10.6 Å². The molecule has 13 heteroatoms. The second kappa shape index (κ2) is 11.6. The van der Waals surface area contributed by atoms with Crippen molar-refractivity contribution in [3.63, 3.8) is 0 Å². The van der Waals surface area contributed by atoms with Crippen molar-refractivity contribution in [2.45, 2.75) is 37.4 Å². The molecule has 3 unspecified atom stereocenters. The number of hydrogen-bond donors (Lipinski definition) is 8. The standard InChI is InChI=1S/C13H24N6O7/c14-6(5-20)10(23)18-7(2-1-3-17-13(15)16)11(24)19-8(12(25)26)4-9(21)22/h6-8,20H,1-5,14H2,(H,18,23)(H,19,24)(H,21,22)(H,25,26)(H4,15,16,17). The molecule has 0 bridgehead atoms. The number of hydrogen-bond acceptors (Lipinski definition) is 7. The molecule has 0 fully saturated rings. The molecule has 26 heavy (non-hydrogen) atoms. The largest absolute Gasteiger partial charge is 0.481 e. The molecule has 0 saturated carbocycles. The zero-order valence-electron chi connectivity index (χ0n) is 13.9. The van der Waals surface area contributed by atoms with Crippen molar-refractivity contribution in [3.05, 3.63) is 0 Å². The molecule has 0 aromatic carbocycles. The number of amides is 2. The van der Waals surface area contributed by atoms with Crippen LogP contribution in [0.5, 0.6) is 0 Å². The number of aliphatic hydroxyl groups excluding tert-OH is 1. The lowest BCUT2D eigenvalue weighted by molar-refractivity contribution is -0.147. The Kier molecular flexibility index (Phi) is 10.3. The molecule has 0 aliphatic heterocycles. The van der Waals surface area contributed by atoms with Crippen molar-refractivity contribution in [2.75, 3.05) is 13.2 Å². The number of aliphatic hydroxyl groups is 1. The van der Waals surface area contributed by atoms with Gasteiger partial charge in [0.1, 0.15) is 18.1 Å². The smallest absolute Gasteiger partial charge is 0.326 e. The van der Waals surface area contributed by atoms with E-state index in [0.717, 1.165) is 0 Å². The molecule has 11 N–H and O–H groups in total. The van der Waals surface area contributed by atoms with Gasteiger partial charge in [-0.3, -0.25) is 19.4 Å². The van der Waals surface area contributed by atoms with Gasteiger partial charge in [-0.25, -0.2) is 4.79 Å². The van der Waals surface area contributed by atoms with Gasteiger partial charge in [-0.1, -0.05) is 0 Å². The van der Waals surface area contributed by atoms with E-state index < -0.39 is 54.9 Å². The molecule has 0 aromatic rings. The maximum atomic E-state index is 12.2. The Morgan fingerprint density at radius 3 is 2.04 bits per heavy atom. The van der Waals surface area contributed by atoms with Gasteiger partial charge < -0.3 is 43.2 Å². The first-order chi connectivity index (χ1) is 12.1. The van der Waals surface area contributed by atoms with Crippen LogP contribution in [0.4, 0.5) is 0 Å². The zero-order chi connectivity index (χ0) is 20.3. The monoisotopic (exact) mass is 376 g/mol. The number of nitrogens with one attached hydrogen (secondary N) is 2. The summed E-state index contributed by atoms with van der Waals surface area (Å²) in [5, 5.41) is 30.8. The molecule has 0 aliphatic rings. The third-order valence-electron chi connectivity index (χ3n) is 3.11. The Morgan fingerprint density at radius 2 is 1.58 bits per heavy atom. The first-order valence-electron chi connectivity index (χ1n) is 7.55. The van der Waals surface area contributed by atoms with E-state index in [1.54, 1.807) is 0 Å². The number of aliphatic imine (C=N–C) groups is 1. The number of carbonyl (C=O) groups excluding carboxylic acids is 2. The van der Waals surface area contributed by atoms with Crippen LogP contribution in [0.3, 0.4) is 0 Å². The van der Waals surface area contributed by atoms with Gasteiger partial charge in [-0.2, -0.15) is 0 Å². The van der Waals surface area contributed by atoms with Gasteiger partial charge in [-0.05, 0) is 12.8 Å². The summed E-state index contributed by atoms with van der Waals surface area (Å²) in [7, 11) is 0. The average molecular weight is 376 g/mol. The minimum absolute atomic E-state index is 0.0198. The van der Waals surface area contributed by atoms with Crippen LogP contribution in [0.15, 0.2) is 4.99 Å². The van der Waals surface area contributed by atoms with Crippen molar-refractivity contribution in [2.24, 2.45) is 22.2 Å². The molecule has 0 rings (SSSR count). The summed E-state index contributed by atoms with van der Waals surface area (Å²) in [6.07, 6.45) is -0.570. The summed E-state index contributed by atoms with van der Waals surface area (Å²) in [4.78, 5) is 49.4. The molecule has 2 amide bonds. The summed E-state index contributed by atoms with van der Waals surface area (Å²) in [5.74, 6) is -4.88. The fourth-order valence-corrected chi connectivity index (χ4v) is 1.78. The molecule has 0 heterocycles. The quantitative estimate of drug-likeness (QED) is 0.0928. The van der Waals surface area contributed by atoms with E-state index in [9.17, 15) is 19.2 Å². The Labute approximate surface area is 148 Å². The second-order valence-electron chi connectivity index (χ2n) is 5.30. The van der Waals surface area contributed by atoms with Gasteiger partial charge in [0.05, 0.1) is 13.0 Å². The van der Waals surface area contributed by atoms with E-state index in [-0.39, 0.29) is 25.3 Å². The number of rotatable bonds is 12. The topological polar surface area (TPSA) is 243 Å². The Balaban J connectivity index is 5.05. The van der Waals surface area contributed by atoms with E-state index in [0.29, 0.717) is 0 Å². The van der Waals surface area contributed by atoms with Crippen LogP contribution in [-0.4, -0.2) is 76.3 Å². The summed E-state index contributed by atoms with van der Waals surface area (Å²) in [5.41, 5.74) is 15.7. The van der Waals surface area contributed by atoms with Crippen LogP contribution in [0, 0.1) is 0 Å². The Bertz CT molecular complexity index is 549. The molecule has 148 valence electrons. The van der Waals surface area contributed by atoms with Gasteiger partial charge in [0.2, 0.25) is 11.8 Å². The highest BCUT2D eigenvalue weighted by Gasteiger charge is 2.28. The highest BCUT2D eigenvalue weighted by molar-refractivity contribution is 5.92. The number of aliphatic carboxylic acids is 2. The summed E-state index contributed by atoms with van der Waals surface area (Å²) < 4.78 is 0. The van der Waals surface area contributed by atoms with E-state index in [1.165, 1.54) is 0 Å². The van der Waals surface area contributed by atoms with Crippen LogP contribution in [0.1, 0.15) is 19.3 Å². The third kappa shape index (κ3) is 9.39. The zero-order valence-corrected chi connectivity index (χ0v) is 13.9. The molecule has 3 atom stereocenters. The number of carboxylic acids is 2. The SMILES string of the molecule is NC(N)=NCCCC(NC(=O)C(N)CO)C(=O)NC(CC(=O)O)C(=O)O. The van der Waals surface area contributed by atoms with E-state index in [2.05, 4.69) is 10.3 Å². The van der Waals surface area contributed by atoms with Crippen LogP contribution < -0.4 is 27.8 Å². The minimum atomic E-state index is -1.68. The lowest BCUT2D eigenvalue weighted by Gasteiger charge is -2.22. The van der Waals surface area contributed by atoms with Gasteiger partial charge in [0.15, 0.2) is 5.96 Å². The molecule has 0 aliphatic carbocycles. The summed E-state index contributed by atoms with van der Waals surface area (Å²) >= 11 is 0. The molecular weight excluding hydrogens is 352 g/mol. The highest BCUT2D eigenvalue weighted by atomic mass is 16.4. The molecule has 0 spiro atoms. The number of nitrogens with two attached hydrogens (primary N) is 3. The highest BCUT2D eigenvalue weighted by Crippen LogP contribution is 2.02. The van der Waals surface area contributed by atoms with E-state index in [1.807, 2.05) is 5.32 Å². The summed E-state index contributed by atoms with van der Waals surface area (Å²) in [6, 6.07) is -4.18. The van der Waals surface area contributed by atoms with Crippen molar-refractivity contribution >= 4 is 29.7 Å².